The lowest BCUT2D eigenvalue weighted by Gasteiger charge is -2.23. The summed E-state index contributed by atoms with van der Waals surface area (Å²) in [6.07, 6.45) is 3.78. The van der Waals surface area contributed by atoms with Crippen molar-refractivity contribution in [2.45, 2.75) is 38.8 Å². The van der Waals surface area contributed by atoms with Gasteiger partial charge in [0.1, 0.15) is 0 Å². The molecule has 1 aliphatic carbocycles. The molecule has 0 fully saturated rings. The smallest absolute Gasteiger partial charge is 0.0899 e. The van der Waals surface area contributed by atoms with E-state index in [0.717, 1.165) is 6.54 Å². The normalized spacial score (nSPS) is 15.9. The van der Waals surface area contributed by atoms with Crippen LogP contribution in [0.4, 0.5) is 0 Å². The predicted molar refractivity (Wildman–Crippen MR) is 76.2 cm³/mol. The first-order valence-corrected chi connectivity index (χ1v) is 6.59. The third kappa shape index (κ3) is 2.85. The lowest BCUT2D eigenvalue weighted by molar-refractivity contribution is 0.304. The van der Waals surface area contributed by atoms with Crippen molar-refractivity contribution in [1.82, 2.24) is 4.90 Å². The Morgan fingerprint density at radius 3 is 2.82 bits per heavy atom. The fourth-order valence-corrected chi connectivity index (χ4v) is 2.55. The fraction of sp³-hybridized carbons (Fsp3) is 0.500. The first-order valence-electron chi connectivity index (χ1n) is 6.18. The van der Waals surface area contributed by atoms with E-state index in [-0.39, 0.29) is 6.04 Å². The van der Waals surface area contributed by atoms with Crippen LogP contribution in [-0.2, 0) is 19.4 Å². The summed E-state index contributed by atoms with van der Waals surface area (Å²) in [7, 11) is 2.07. The average Bonchev–Trinajstić information content (AvgIpc) is 2.74. The second-order valence-corrected chi connectivity index (χ2v) is 5.42. The maximum Gasteiger partial charge on any atom is 0.0899 e. The molecule has 1 aromatic rings. The summed E-state index contributed by atoms with van der Waals surface area (Å²) in [5, 5.41) is 0. The van der Waals surface area contributed by atoms with Gasteiger partial charge in [0, 0.05) is 6.54 Å². The van der Waals surface area contributed by atoms with Crippen molar-refractivity contribution in [1.29, 1.82) is 0 Å². The molecule has 0 saturated heterocycles. The molecule has 2 nitrogen and oxygen atoms in total. The van der Waals surface area contributed by atoms with Crippen LogP contribution in [0.5, 0.6) is 0 Å². The monoisotopic (exact) mass is 248 g/mol. The lowest BCUT2D eigenvalue weighted by atomic mass is 10.1. The molecule has 17 heavy (non-hydrogen) atoms. The van der Waals surface area contributed by atoms with Gasteiger partial charge in [-0.3, -0.25) is 4.90 Å². The number of nitrogens with zero attached hydrogens (tertiary/aromatic N) is 1. The molecule has 0 spiro atoms. The van der Waals surface area contributed by atoms with Crippen molar-refractivity contribution in [2.75, 3.05) is 7.05 Å². The van der Waals surface area contributed by atoms with Crippen LogP contribution in [-0.4, -0.2) is 23.0 Å². The third-order valence-electron chi connectivity index (χ3n) is 3.67. The van der Waals surface area contributed by atoms with Gasteiger partial charge in [-0.25, -0.2) is 0 Å². The van der Waals surface area contributed by atoms with E-state index in [1.165, 1.54) is 36.0 Å². The number of benzene rings is 1. The summed E-state index contributed by atoms with van der Waals surface area (Å²) in [6, 6.07) is 6.99. The molecule has 0 bridgehead atoms. The first-order chi connectivity index (χ1) is 8.08. The van der Waals surface area contributed by atoms with Crippen molar-refractivity contribution < 1.29 is 0 Å². The quantitative estimate of drug-likeness (QED) is 0.829. The van der Waals surface area contributed by atoms with Crippen molar-refractivity contribution in [2.24, 2.45) is 5.73 Å². The van der Waals surface area contributed by atoms with E-state index in [1.807, 2.05) is 0 Å². The molecule has 1 aromatic carbocycles. The zero-order valence-electron chi connectivity index (χ0n) is 10.6. The van der Waals surface area contributed by atoms with E-state index < -0.39 is 0 Å². The second kappa shape index (κ2) is 5.15. The number of fused-ring (bicyclic) bond motifs is 1. The van der Waals surface area contributed by atoms with E-state index in [0.29, 0.717) is 4.99 Å². The number of nitrogens with two attached hydrogens (primary N) is 1. The molecule has 2 rings (SSSR count). The molecule has 0 saturated carbocycles. The topological polar surface area (TPSA) is 29.3 Å². The van der Waals surface area contributed by atoms with Crippen LogP contribution in [0.15, 0.2) is 18.2 Å². The number of thiocarbonyl (C=S) groups is 1. The summed E-state index contributed by atoms with van der Waals surface area (Å²) < 4.78 is 0. The van der Waals surface area contributed by atoms with E-state index in [1.54, 1.807) is 0 Å². The van der Waals surface area contributed by atoms with Crippen LogP contribution in [0, 0.1) is 0 Å². The fourth-order valence-electron chi connectivity index (χ4n) is 2.37. The molecule has 2 N–H and O–H groups in total. The number of aryl methyl sites for hydroxylation is 2. The molecule has 0 amide bonds. The number of rotatable bonds is 4. The van der Waals surface area contributed by atoms with Gasteiger partial charge in [-0.05, 0) is 49.9 Å². The predicted octanol–water partition coefficient (Wildman–Crippen LogP) is 2.28. The van der Waals surface area contributed by atoms with Crippen LogP contribution < -0.4 is 5.73 Å². The molecule has 0 heterocycles. The number of likely N-dealkylation sites (N-methyl/N-ethyl adjacent to an activating group) is 1. The molecule has 0 aromatic heterocycles. The zero-order chi connectivity index (χ0) is 12.4. The Labute approximate surface area is 109 Å². The Morgan fingerprint density at radius 2 is 2.12 bits per heavy atom. The summed E-state index contributed by atoms with van der Waals surface area (Å²) in [5.74, 6) is 0. The van der Waals surface area contributed by atoms with Crippen molar-refractivity contribution in [3.63, 3.8) is 0 Å². The Morgan fingerprint density at radius 1 is 1.41 bits per heavy atom. The Bertz CT molecular complexity index is 428. The minimum absolute atomic E-state index is 0.151. The summed E-state index contributed by atoms with van der Waals surface area (Å²) in [4.78, 5) is 2.76. The largest absolute Gasteiger partial charge is 0.392 e. The van der Waals surface area contributed by atoms with Gasteiger partial charge in [-0.15, -0.1) is 0 Å². The Kier molecular flexibility index (Phi) is 3.79. The molecular weight excluding hydrogens is 228 g/mol. The molecule has 1 atom stereocenters. The number of hydrogen-bond acceptors (Lipinski definition) is 2. The zero-order valence-corrected chi connectivity index (χ0v) is 11.4. The molecular formula is C14H20N2S. The van der Waals surface area contributed by atoms with Crippen molar-refractivity contribution >= 4 is 17.2 Å². The van der Waals surface area contributed by atoms with Gasteiger partial charge in [-0.1, -0.05) is 30.4 Å². The van der Waals surface area contributed by atoms with Gasteiger partial charge >= 0.3 is 0 Å². The highest BCUT2D eigenvalue weighted by atomic mass is 32.1. The number of hydrogen-bond donors (Lipinski definition) is 1. The van der Waals surface area contributed by atoms with Crippen LogP contribution in [0.3, 0.4) is 0 Å². The third-order valence-corrected chi connectivity index (χ3v) is 4.01. The first kappa shape index (κ1) is 12.5. The van der Waals surface area contributed by atoms with E-state index in [9.17, 15) is 0 Å². The average molecular weight is 248 g/mol. The standard InChI is InChI=1S/C14H20N2S/c1-10(14(15)17)16(2)9-11-6-7-12-4-3-5-13(12)8-11/h6-8,10H,3-5,9H2,1-2H3,(H2,15,17). The van der Waals surface area contributed by atoms with Gasteiger partial charge in [0.2, 0.25) is 0 Å². The van der Waals surface area contributed by atoms with E-state index in [2.05, 4.69) is 37.1 Å². The van der Waals surface area contributed by atoms with Crippen LogP contribution in [0.2, 0.25) is 0 Å². The molecule has 3 heteroatoms. The van der Waals surface area contributed by atoms with Crippen LogP contribution in [0.25, 0.3) is 0 Å². The van der Waals surface area contributed by atoms with E-state index >= 15 is 0 Å². The van der Waals surface area contributed by atoms with Gasteiger partial charge in [0.25, 0.3) is 0 Å². The highest BCUT2D eigenvalue weighted by Crippen LogP contribution is 2.23. The van der Waals surface area contributed by atoms with Crippen LogP contribution in [0.1, 0.15) is 30.0 Å². The lowest BCUT2D eigenvalue weighted by Crippen LogP contribution is -2.38. The maximum atomic E-state index is 5.67. The summed E-state index contributed by atoms with van der Waals surface area (Å²) >= 11 is 5.03. The van der Waals surface area contributed by atoms with Crippen molar-refractivity contribution in [3.8, 4) is 0 Å². The highest BCUT2D eigenvalue weighted by molar-refractivity contribution is 7.80. The van der Waals surface area contributed by atoms with Crippen LogP contribution >= 0.6 is 12.2 Å². The Hall–Kier alpha value is -0.930. The molecule has 92 valence electrons. The maximum absolute atomic E-state index is 5.67. The molecule has 1 unspecified atom stereocenters. The Balaban J connectivity index is 2.06. The summed E-state index contributed by atoms with van der Waals surface area (Å²) in [5.41, 5.74) is 10.1. The minimum Gasteiger partial charge on any atom is -0.392 e. The van der Waals surface area contributed by atoms with Gasteiger partial charge in [0.15, 0.2) is 0 Å². The minimum atomic E-state index is 0.151. The highest BCUT2D eigenvalue weighted by Gasteiger charge is 2.14. The molecule has 0 radical (unpaired) electrons. The van der Waals surface area contributed by atoms with Gasteiger partial charge in [0.05, 0.1) is 11.0 Å². The SMILES string of the molecule is CC(C(N)=S)N(C)Cc1ccc2c(c1)CCC2. The van der Waals surface area contributed by atoms with Crippen molar-refractivity contribution in [3.05, 3.63) is 34.9 Å². The van der Waals surface area contributed by atoms with E-state index in [4.69, 9.17) is 18.0 Å². The summed E-state index contributed by atoms with van der Waals surface area (Å²) in [6.45, 7) is 2.96. The second-order valence-electron chi connectivity index (χ2n) is 4.95. The molecule has 0 aliphatic heterocycles. The molecule has 1 aliphatic rings. The van der Waals surface area contributed by atoms with Gasteiger partial charge in [-0.2, -0.15) is 0 Å². The van der Waals surface area contributed by atoms with Gasteiger partial charge < -0.3 is 5.73 Å².